The number of hydrogen-bond acceptors (Lipinski definition) is 3. The first-order chi connectivity index (χ1) is 10.0. The van der Waals surface area contributed by atoms with Crippen LogP contribution in [0.5, 0.6) is 0 Å². The summed E-state index contributed by atoms with van der Waals surface area (Å²) in [6.45, 7) is 4.83. The average molecular weight is 298 g/mol. The van der Waals surface area contributed by atoms with Gasteiger partial charge in [0.2, 0.25) is 0 Å². The molecule has 1 heterocycles. The van der Waals surface area contributed by atoms with E-state index in [0.29, 0.717) is 6.54 Å². The Balaban J connectivity index is 2.08. The maximum absolute atomic E-state index is 12.4. The zero-order valence-corrected chi connectivity index (χ0v) is 13.0. The molecule has 3 aromatic rings. The van der Waals surface area contributed by atoms with Crippen molar-refractivity contribution in [3.05, 3.63) is 64.4 Å². The molecule has 3 nitrogen and oxygen atoms in total. The van der Waals surface area contributed by atoms with Crippen molar-refractivity contribution in [1.82, 2.24) is 3.96 Å². The predicted molar refractivity (Wildman–Crippen MR) is 89.5 cm³/mol. The Morgan fingerprint density at radius 1 is 1.10 bits per heavy atom. The second-order valence-electron chi connectivity index (χ2n) is 5.82. The fourth-order valence-corrected chi connectivity index (χ4v) is 3.31. The van der Waals surface area contributed by atoms with Gasteiger partial charge in [0.25, 0.3) is 5.56 Å². The number of fused-ring (bicyclic) bond motifs is 1. The first-order valence-corrected chi connectivity index (χ1v) is 7.72. The summed E-state index contributed by atoms with van der Waals surface area (Å²) in [6, 6.07) is 15.8. The number of aromatic nitrogens is 1. The van der Waals surface area contributed by atoms with Gasteiger partial charge >= 0.3 is 0 Å². The molecular formula is C17H18N2OS. The molecule has 4 heteroatoms. The molecule has 0 spiro atoms. The standard InChI is InChI=1S/C17H18N2OS/c1-17(2,11-18)12-7-9-13(10-8-12)19-16(20)14-5-3-4-6-15(14)21-19/h3-10H,11,18H2,1-2H3. The minimum absolute atomic E-state index is 0.0430. The van der Waals surface area contributed by atoms with Crippen LogP contribution in [0, 0.1) is 0 Å². The molecule has 0 fully saturated rings. The third-order valence-corrected chi connectivity index (χ3v) is 5.00. The van der Waals surface area contributed by atoms with Gasteiger partial charge in [-0.1, -0.05) is 49.6 Å². The molecule has 0 unspecified atom stereocenters. The molecule has 0 radical (unpaired) electrons. The summed E-state index contributed by atoms with van der Waals surface area (Å²) in [4.78, 5) is 12.4. The second kappa shape index (κ2) is 5.13. The molecule has 0 aliphatic carbocycles. The Morgan fingerprint density at radius 3 is 2.38 bits per heavy atom. The lowest BCUT2D eigenvalue weighted by molar-refractivity contribution is 0.539. The van der Waals surface area contributed by atoms with Crippen molar-refractivity contribution in [1.29, 1.82) is 0 Å². The van der Waals surface area contributed by atoms with Crippen molar-refractivity contribution in [2.24, 2.45) is 5.73 Å². The van der Waals surface area contributed by atoms with Crippen LogP contribution in [0.2, 0.25) is 0 Å². The molecule has 1 aromatic heterocycles. The smallest absolute Gasteiger partial charge is 0.273 e. The van der Waals surface area contributed by atoms with Gasteiger partial charge in [0.1, 0.15) is 0 Å². The lowest BCUT2D eigenvalue weighted by Gasteiger charge is -2.23. The third kappa shape index (κ3) is 2.41. The summed E-state index contributed by atoms with van der Waals surface area (Å²) >= 11 is 1.48. The number of hydrogen-bond donors (Lipinski definition) is 1. The van der Waals surface area contributed by atoms with Gasteiger partial charge in [0, 0.05) is 12.0 Å². The highest BCUT2D eigenvalue weighted by molar-refractivity contribution is 7.14. The Morgan fingerprint density at radius 2 is 1.76 bits per heavy atom. The van der Waals surface area contributed by atoms with Crippen molar-refractivity contribution in [3.8, 4) is 5.69 Å². The highest BCUT2D eigenvalue weighted by Crippen LogP contribution is 2.24. The fourth-order valence-electron chi connectivity index (χ4n) is 2.31. The molecule has 0 aliphatic heterocycles. The quantitative estimate of drug-likeness (QED) is 0.806. The Hall–Kier alpha value is -1.91. The van der Waals surface area contributed by atoms with Gasteiger partial charge in [-0.2, -0.15) is 0 Å². The summed E-state index contributed by atoms with van der Waals surface area (Å²) in [5.41, 5.74) is 7.88. The van der Waals surface area contributed by atoms with E-state index in [0.717, 1.165) is 15.8 Å². The van der Waals surface area contributed by atoms with E-state index in [1.165, 1.54) is 17.1 Å². The van der Waals surface area contributed by atoms with Gasteiger partial charge in [-0.05, 0) is 29.8 Å². The van der Waals surface area contributed by atoms with Crippen LogP contribution in [-0.4, -0.2) is 10.5 Å². The van der Waals surface area contributed by atoms with Gasteiger partial charge in [-0.25, -0.2) is 3.96 Å². The van der Waals surface area contributed by atoms with E-state index in [2.05, 4.69) is 26.0 Å². The summed E-state index contributed by atoms with van der Waals surface area (Å²) in [5, 5.41) is 0.772. The lowest BCUT2D eigenvalue weighted by Crippen LogP contribution is -2.28. The van der Waals surface area contributed by atoms with Crippen LogP contribution in [0.15, 0.2) is 53.3 Å². The van der Waals surface area contributed by atoms with Crippen LogP contribution >= 0.6 is 11.5 Å². The Kier molecular flexibility index (Phi) is 3.43. The first-order valence-electron chi connectivity index (χ1n) is 6.95. The van der Waals surface area contributed by atoms with E-state index in [-0.39, 0.29) is 11.0 Å². The van der Waals surface area contributed by atoms with Crippen molar-refractivity contribution in [2.75, 3.05) is 6.54 Å². The summed E-state index contributed by atoms with van der Waals surface area (Å²) in [6.07, 6.45) is 0. The van der Waals surface area contributed by atoms with E-state index < -0.39 is 0 Å². The summed E-state index contributed by atoms with van der Waals surface area (Å²) in [5.74, 6) is 0. The van der Waals surface area contributed by atoms with Crippen molar-refractivity contribution in [3.63, 3.8) is 0 Å². The zero-order chi connectivity index (χ0) is 15.0. The van der Waals surface area contributed by atoms with Crippen LogP contribution in [0.4, 0.5) is 0 Å². The number of rotatable bonds is 3. The Bertz CT molecular complexity index is 828. The van der Waals surface area contributed by atoms with Crippen LogP contribution in [0.25, 0.3) is 15.8 Å². The minimum Gasteiger partial charge on any atom is -0.330 e. The Labute approximate surface area is 127 Å². The first kappa shape index (κ1) is 14.0. The molecule has 3 rings (SSSR count). The van der Waals surface area contributed by atoms with Crippen LogP contribution < -0.4 is 11.3 Å². The van der Waals surface area contributed by atoms with Gasteiger partial charge in [-0.3, -0.25) is 4.79 Å². The van der Waals surface area contributed by atoms with Gasteiger partial charge < -0.3 is 5.73 Å². The lowest BCUT2D eigenvalue weighted by atomic mass is 9.85. The van der Waals surface area contributed by atoms with Crippen LogP contribution in [0.1, 0.15) is 19.4 Å². The van der Waals surface area contributed by atoms with Crippen LogP contribution in [-0.2, 0) is 5.41 Å². The van der Waals surface area contributed by atoms with Gasteiger partial charge in [-0.15, -0.1) is 0 Å². The summed E-state index contributed by atoms with van der Waals surface area (Å²) in [7, 11) is 0. The van der Waals surface area contributed by atoms with E-state index in [1.54, 1.807) is 3.96 Å². The summed E-state index contributed by atoms with van der Waals surface area (Å²) < 4.78 is 2.75. The zero-order valence-electron chi connectivity index (χ0n) is 12.2. The molecule has 2 N–H and O–H groups in total. The normalized spacial score (nSPS) is 12.0. The molecule has 0 aliphatic rings. The maximum atomic E-state index is 12.4. The molecule has 21 heavy (non-hydrogen) atoms. The second-order valence-corrected chi connectivity index (χ2v) is 6.81. The maximum Gasteiger partial charge on any atom is 0.273 e. The van der Waals surface area contributed by atoms with Crippen molar-refractivity contribution >= 4 is 21.6 Å². The largest absolute Gasteiger partial charge is 0.330 e. The van der Waals surface area contributed by atoms with E-state index in [4.69, 9.17) is 5.73 Å². The average Bonchev–Trinajstić information content (AvgIpc) is 2.85. The number of nitrogens with zero attached hydrogens (tertiary/aromatic N) is 1. The van der Waals surface area contributed by atoms with Crippen molar-refractivity contribution < 1.29 is 0 Å². The van der Waals surface area contributed by atoms with E-state index in [1.807, 2.05) is 36.4 Å². The molecular weight excluding hydrogens is 280 g/mol. The number of nitrogens with two attached hydrogens (primary N) is 1. The van der Waals surface area contributed by atoms with E-state index >= 15 is 0 Å². The molecule has 0 atom stereocenters. The SMILES string of the molecule is CC(C)(CN)c1ccc(-n2sc3ccccc3c2=O)cc1. The van der Waals surface area contributed by atoms with Crippen LogP contribution in [0.3, 0.4) is 0 Å². The third-order valence-electron chi connectivity index (χ3n) is 3.89. The molecule has 0 bridgehead atoms. The molecule has 0 saturated heterocycles. The van der Waals surface area contributed by atoms with E-state index in [9.17, 15) is 4.79 Å². The van der Waals surface area contributed by atoms with Gasteiger partial charge in [0.05, 0.1) is 15.8 Å². The number of benzene rings is 2. The molecule has 2 aromatic carbocycles. The highest BCUT2D eigenvalue weighted by atomic mass is 32.1. The molecule has 0 saturated carbocycles. The molecule has 108 valence electrons. The van der Waals surface area contributed by atoms with Gasteiger partial charge in [0.15, 0.2) is 0 Å². The topological polar surface area (TPSA) is 48.0 Å². The molecule has 0 amide bonds. The van der Waals surface area contributed by atoms with Crippen molar-refractivity contribution in [2.45, 2.75) is 19.3 Å². The fraction of sp³-hybridized carbons (Fsp3) is 0.235. The minimum atomic E-state index is -0.0519. The highest BCUT2D eigenvalue weighted by Gasteiger charge is 2.18. The predicted octanol–water partition coefficient (Wildman–Crippen LogP) is 3.29. The monoisotopic (exact) mass is 298 g/mol.